The molecule has 0 spiro atoms. The van der Waals surface area contributed by atoms with Gasteiger partial charge >= 0.3 is 0 Å². The fourth-order valence-corrected chi connectivity index (χ4v) is 3.79. The number of aromatic nitrogens is 3. The maximum atomic E-state index is 12.1. The van der Waals surface area contributed by atoms with Gasteiger partial charge in [0.2, 0.25) is 10.0 Å². The number of amides is 1. The number of hydrogen-bond donors (Lipinski definition) is 2. The number of nitrogens with one attached hydrogen (secondary N) is 2. The fraction of sp³-hybridized carbons (Fsp3) is 0.214. The van der Waals surface area contributed by atoms with Crippen LogP contribution in [0.1, 0.15) is 15.4 Å². The van der Waals surface area contributed by atoms with E-state index in [-0.39, 0.29) is 18.2 Å². The second kappa shape index (κ2) is 6.57. The van der Waals surface area contributed by atoms with Crippen molar-refractivity contribution in [2.45, 2.75) is 6.92 Å². The van der Waals surface area contributed by atoms with Gasteiger partial charge in [-0.15, -0.1) is 11.3 Å². The molecule has 0 saturated heterocycles. The third-order valence-corrected chi connectivity index (χ3v) is 5.50. The predicted octanol–water partition coefficient (Wildman–Crippen LogP) is 1.27. The number of hydrogen-bond acceptors (Lipinski definition) is 6. The minimum absolute atomic E-state index is 0.0143. The van der Waals surface area contributed by atoms with E-state index >= 15 is 0 Å². The number of pyridine rings is 1. The molecule has 3 rings (SSSR count). The molecule has 24 heavy (non-hydrogen) atoms. The fourth-order valence-electron chi connectivity index (χ4n) is 2.11. The van der Waals surface area contributed by atoms with Crippen molar-refractivity contribution in [1.82, 2.24) is 19.9 Å². The smallest absolute Gasteiger partial charge is 0.263 e. The first-order valence-corrected chi connectivity index (χ1v) is 9.60. The van der Waals surface area contributed by atoms with Gasteiger partial charge in [-0.1, -0.05) is 0 Å². The van der Waals surface area contributed by atoms with E-state index in [1.807, 2.05) is 0 Å². The Morgan fingerprint density at radius 3 is 2.96 bits per heavy atom. The number of rotatable bonds is 6. The predicted molar refractivity (Wildman–Crippen MR) is 91.8 cm³/mol. The third-order valence-electron chi connectivity index (χ3n) is 3.28. The Morgan fingerprint density at radius 1 is 1.38 bits per heavy atom. The minimum Gasteiger partial charge on any atom is -0.350 e. The average Bonchev–Trinajstić information content (AvgIpc) is 3.14. The molecule has 0 aliphatic heterocycles. The number of carbonyl (C=O) groups excluding carboxylic acids is 1. The van der Waals surface area contributed by atoms with Crippen molar-refractivity contribution in [3.63, 3.8) is 0 Å². The minimum atomic E-state index is -3.57. The summed E-state index contributed by atoms with van der Waals surface area (Å²) in [6.07, 6.45) is 3.30. The maximum Gasteiger partial charge on any atom is 0.263 e. The largest absolute Gasteiger partial charge is 0.350 e. The molecule has 0 bridgehead atoms. The van der Waals surface area contributed by atoms with Crippen LogP contribution >= 0.6 is 11.3 Å². The zero-order chi connectivity index (χ0) is 17.2. The van der Waals surface area contributed by atoms with Crippen LogP contribution in [0.25, 0.3) is 5.52 Å². The van der Waals surface area contributed by atoms with Crippen LogP contribution in [0.5, 0.6) is 0 Å². The lowest BCUT2D eigenvalue weighted by atomic mass is 10.4. The highest BCUT2D eigenvalue weighted by molar-refractivity contribution is 7.92. The summed E-state index contributed by atoms with van der Waals surface area (Å²) in [5, 5.41) is 6.64. The van der Waals surface area contributed by atoms with Gasteiger partial charge in [0.05, 0.1) is 28.2 Å². The number of fused-ring (bicyclic) bond motifs is 1. The molecule has 3 aromatic heterocycles. The molecule has 10 heteroatoms. The van der Waals surface area contributed by atoms with Crippen LogP contribution < -0.4 is 10.0 Å². The van der Waals surface area contributed by atoms with Crippen LogP contribution in [0.2, 0.25) is 0 Å². The molecule has 1 amide bonds. The lowest BCUT2D eigenvalue weighted by Crippen LogP contribution is -2.31. The van der Waals surface area contributed by atoms with Gasteiger partial charge in [0, 0.05) is 18.9 Å². The molecule has 0 unspecified atom stereocenters. The molecule has 3 aromatic rings. The maximum absolute atomic E-state index is 12.1. The Balaban J connectivity index is 1.57. The zero-order valence-electron chi connectivity index (χ0n) is 12.8. The molecule has 0 fully saturated rings. The Hall–Kier alpha value is -2.46. The Bertz CT molecular complexity index is 977. The van der Waals surface area contributed by atoms with Gasteiger partial charge in [0.25, 0.3) is 5.91 Å². The lowest BCUT2D eigenvalue weighted by molar-refractivity contribution is 0.0959. The summed E-state index contributed by atoms with van der Waals surface area (Å²) in [6, 6.07) is 5.08. The summed E-state index contributed by atoms with van der Waals surface area (Å²) in [5.41, 5.74) is 3.44. The van der Waals surface area contributed by atoms with Crippen LogP contribution in [0.4, 0.5) is 5.69 Å². The Kier molecular flexibility index (Phi) is 4.49. The molecule has 2 N–H and O–H groups in total. The molecular weight excluding hydrogens is 350 g/mol. The van der Waals surface area contributed by atoms with Crippen LogP contribution in [0.3, 0.4) is 0 Å². The van der Waals surface area contributed by atoms with Crippen molar-refractivity contribution in [2.24, 2.45) is 0 Å². The molecule has 0 aromatic carbocycles. The van der Waals surface area contributed by atoms with Crippen molar-refractivity contribution in [3.05, 3.63) is 46.7 Å². The second-order valence-corrected chi connectivity index (χ2v) is 7.76. The highest BCUT2D eigenvalue weighted by atomic mass is 32.2. The van der Waals surface area contributed by atoms with E-state index in [2.05, 4.69) is 20.1 Å². The summed E-state index contributed by atoms with van der Waals surface area (Å²) in [5.74, 6) is -0.535. The summed E-state index contributed by atoms with van der Waals surface area (Å²) < 4.78 is 28.4. The Labute approximate surface area is 142 Å². The first kappa shape index (κ1) is 16.4. The number of anilines is 1. The summed E-state index contributed by atoms with van der Waals surface area (Å²) in [7, 11) is -3.57. The molecule has 0 saturated carbocycles. The molecule has 0 aliphatic rings. The first-order chi connectivity index (χ1) is 11.4. The number of nitrogens with zero attached hydrogens (tertiary/aromatic N) is 3. The average molecular weight is 365 g/mol. The van der Waals surface area contributed by atoms with Crippen molar-refractivity contribution in [3.8, 4) is 0 Å². The molecular formula is C14H15N5O3S2. The number of thiazole rings is 1. The number of aryl methyl sites for hydroxylation is 1. The second-order valence-electron chi connectivity index (χ2n) is 5.06. The monoisotopic (exact) mass is 365 g/mol. The number of sulfonamides is 1. The first-order valence-electron chi connectivity index (χ1n) is 7.07. The van der Waals surface area contributed by atoms with Crippen LogP contribution in [0.15, 0.2) is 36.1 Å². The molecule has 0 aliphatic carbocycles. The molecule has 8 nitrogen and oxygen atoms in total. The summed E-state index contributed by atoms with van der Waals surface area (Å²) >= 11 is 1.22. The van der Waals surface area contributed by atoms with Crippen molar-refractivity contribution < 1.29 is 13.2 Å². The van der Waals surface area contributed by atoms with Crippen LogP contribution in [0, 0.1) is 6.92 Å². The van der Waals surface area contributed by atoms with Gasteiger partial charge in [-0.05, 0) is 25.1 Å². The summed E-state index contributed by atoms with van der Waals surface area (Å²) in [4.78, 5) is 16.4. The van der Waals surface area contributed by atoms with Crippen molar-refractivity contribution in [2.75, 3.05) is 17.0 Å². The van der Waals surface area contributed by atoms with E-state index in [1.165, 1.54) is 11.3 Å². The normalized spacial score (nSPS) is 11.5. The van der Waals surface area contributed by atoms with Gasteiger partial charge < -0.3 is 5.32 Å². The van der Waals surface area contributed by atoms with Crippen LogP contribution in [-0.2, 0) is 10.0 Å². The van der Waals surface area contributed by atoms with Gasteiger partial charge in [-0.2, -0.15) is 5.10 Å². The zero-order valence-corrected chi connectivity index (χ0v) is 14.4. The van der Waals surface area contributed by atoms with Crippen molar-refractivity contribution in [1.29, 1.82) is 0 Å². The standard InChI is InChI=1S/C14H15N5O3S2/c1-10-13(23-9-16-10)14(20)15-5-7-24(21,22)18-11-3-6-19-12(8-11)2-4-17-19/h2-4,6,8-9,18H,5,7H2,1H3,(H,15,20). The number of carbonyl (C=O) groups is 1. The summed E-state index contributed by atoms with van der Waals surface area (Å²) in [6.45, 7) is 1.75. The highest BCUT2D eigenvalue weighted by Crippen LogP contribution is 2.13. The molecule has 3 heterocycles. The van der Waals surface area contributed by atoms with E-state index < -0.39 is 10.0 Å². The van der Waals surface area contributed by atoms with E-state index in [4.69, 9.17) is 0 Å². The van der Waals surface area contributed by atoms with E-state index in [0.717, 1.165) is 5.52 Å². The lowest BCUT2D eigenvalue weighted by Gasteiger charge is -2.09. The highest BCUT2D eigenvalue weighted by Gasteiger charge is 2.14. The molecule has 126 valence electrons. The SMILES string of the molecule is Cc1ncsc1C(=O)NCCS(=O)(=O)Nc1ccn2nccc2c1. The van der Waals surface area contributed by atoms with Gasteiger partial charge in [-0.25, -0.2) is 17.9 Å². The van der Waals surface area contributed by atoms with E-state index in [0.29, 0.717) is 16.3 Å². The van der Waals surface area contributed by atoms with Gasteiger partial charge in [-0.3, -0.25) is 9.52 Å². The third kappa shape index (κ3) is 3.71. The van der Waals surface area contributed by atoms with E-state index in [9.17, 15) is 13.2 Å². The van der Waals surface area contributed by atoms with Crippen molar-refractivity contribution >= 4 is 38.5 Å². The van der Waals surface area contributed by atoms with Gasteiger partial charge in [0.1, 0.15) is 4.88 Å². The topological polar surface area (TPSA) is 105 Å². The Morgan fingerprint density at radius 2 is 2.21 bits per heavy atom. The van der Waals surface area contributed by atoms with Crippen LogP contribution in [-0.4, -0.2) is 41.2 Å². The molecule has 0 radical (unpaired) electrons. The van der Waals surface area contributed by atoms with E-state index in [1.54, 1.807) is 47.5 Å². The quantitative estimate of drug-likeness (QED) is 0.684. The molecule has 0 atom stereocenters. The van der Waals surface area contributed by atoms with Gasteiger partial charge in [0.15, 0.2) is 0 Å².